The highest BCUT2D eigenvalue weighted by Crippen LogP contribution is 2.25. The van der Waals surface area contributed by atoms with Gasteiger partial charge in [-0.2, -0.15) is 0 Å². The number of nitrogens with two attached hydrogens (primary N) is 1. The second kappa shape index (κ2) is 5.66. The fourth-order valence-corrected chi connectivity index (χ4v) is 2.61. The topological polar surface area (TPSA) is 63.8 Å². The molecule has 20 heavy (non-hydrogen) atoms. The van der Waals surface area contributed by atoms with Crippen LogP contribution in [0.4, 0.5) is 0 Å². The third kappa shape index (κ3) is 2.56. The highest BCUT2D eigenvalue weighted by atomic mass is 79.9. The molecule has 0 bridgehead atoms. The fraction of sp³-hybridized carbons (Fsp3) is 0.0667. The van der Waals surface area contributed by atoms with Crippen LogP contribution >= 0.6 is 15.9 Å². The lowest BCUT2D eigenvalue weighted by Crippen LogP contribution is -2.29. The first-order valence-electron chi connectivity index (χ1n) is 6.19. The summed E-state index contributed by atoms with van der Waals surface area (Å²) in [5, 5.41) is 2.34. The van der Waals surface area contributed by atoms with Gasteiger partial charge in [-0.1, -0.05) is 34.1 Å². The van der Waals surface area contributed by atoms with Crippen LogP contribution in [-0.4, -0.2) is 9.97 Å². The Morgan fingerprint density at radius 1 is 1.05 bits per heavy atom. The van der Waals surface area contributed by atoms with Crippen molar-refractivity contribution in [3.63, 3.8) is 0 Å². The number of rotatable bonds is 3. The van der Waals surface area contributed by atoms with Gasteiger partial charge in [0.2, 0.25) is 0 Å². The van der Waals surface area contributed by atoms with Gasteiger partial charge in [-0.15, -0.1) is 0 Å². The van der Waals surface area contributed by atoms with Gasteiger partial charge >= 0.3 is 0 Å². The maximum Gasteiger partial charge on any atom is 0.0897 e. The molecule has 0 aliphatic heterocycles. The second-order valence-corrected chi connectivity index (χ2v) is 5.40. The lowest BCUT2D eigenvalue weighted by atomic mass is 10.0. The third-order valence-corrected chi connectivity index (χ3v) is 3.70. The number of hydrazine groups is 1. The molecule has 1 unspecified atom stereocenters. The number of fused-ring (bicyclic) bond motifs is 1. The monoisotopic (exact) mass is 328 g/mol. The minimum atomic E-state index is -0.170. The molecule has 3 rings (SSSR count). The van der Waals surface area contributed by atoms with E-state index in [4.69, 9.17) is 5.84 Å². The molecule has 0 spiro atoms. The summed E-state index contributed by atoms with van der Waals surface area (Å²) in [6, 6.07) is 12.3. The zero-order valence-electron chi connectivity index (χ0n) is 10.6. The zero-order chi connectivity index (χ0) is 13.9. The van der Waals surface area contributed by atoms with E-state index in [1.165, 1.54) is 5.39 Å². The first kappa shape index (κ1) is 13.2. The first-order chi connectivity index (χ1) is 9.78. The minimum absolute atomic E-state index is 0.170. The van der Waals surface area contributed by atoms with Gasteiger partial charge in [0, 0.05) is 16.9 Å². The van der Waals surface area contributed by atoms with Crippen LogP contribution in [0.5, 0.6) is 0 Å². The highest BCUT2D eigenvalue weighted by Gasteiger charge is 2.14. The standard InChI is InChI=1S/C15H13BrN4/c16-13-4-3-10-7-12(2-1-11(10)8-13)15(20-17)14-9-18-5-6-19-14/h1-9,15,20H,17H2. The number of halogens is 1. The molecule has 100 valence electrons. The highest BCUT2D eigenvalue weighted by molar-refractivity contribution is 9.10. The molecule has 1 heterocycles. The number of aromatic nitrogens is 2. The van der Waals surface area contributed by atoms with Crippen LogP contribution in [0.2, 0.25) is 0 Å². The first-order valence-corrected chi connectivity index (χ1v) is 6.98. The molecule has 4 nitrogen and oxygen atoms in total. The smallest absolute Gasteiger partial charge is 0.0897 e. The van der Waals surface area contributed by atoms with E-state index in [9.17, 15) is 0 Å². The summed E-state index contributed by atoms with van der Waals surface area (Å²) in [6.07, 6.45) is 5.03. The van der Waals surface area contributed by atoms with E-state index in [1.807, 2.05) is 12.1 Å². The SMILES string of the molecule is NNC(c1ccc2cc(Br)ccc2c1)c1cnccn1. The summed E-state index contributed by atoms with van der Waals surface area (Å²) in [7, 11) is 0. The van der Waals surface area contributed by atoms with E-state index in [1.54, 1.807) is 18.6 Å². The van der Waals surface area contributed by atoms with E-state index in [0.29, 0.717) is 0 Å². The predicted octanol–water partition coefficient (Wildman–Crippen LogP) is 2.95. The van der Waals surface area contributed by atoms with Gasteiger partial charge in [-0.05, 0) is 34.5 Å². The maximum atomic E-state index is 5.68. The molecule has 2 aromatic carbocycles. The van der Waals surface area contributed by atoms with E-state index in [2.05, 4.69) is 55.6 Å². The summed E-state index contributed by atoms with van der Waals surface area (Å²) in [4.78, 5) is 8.40. The normalized spacial score (nSPS) is 12.5. The van der Waals surface area contributed by atoms with Gasteiger partial charge < -0.3 is 0 Å². The van der Waals surface area contributed by atoms with Crippen LogP contribution in [0.15, 0.2) is 59.5 Å². The molecule has 0 aliphatic carbocycles. The van der Waals surface area contributed by atoms with Crippen LogP contribution in [0.1, 0.15) is 17.3 Å². The van der Waals surface area contributed by atoms with Gasteiger partial charge in [0.25, 0.3) is 0 Å². The molecule has 5 heteroatoms. The molecule has 0 saturated heterocycles. The van der Waals surface area contributed by atoms with Crippen molar-refractivity contribution in [3.8, 4) is 0 Å². The fourth-order valence-electron chi connectivity index (χ4n) is 2.23. The Kier molecular flexibility index (Phi) is 3.73. The van der Waals surface area contributed by atoms with Crippen molar-refractivity contribution in [1.82, 2.24) is 15.4 Å². The predicted molar refractivity (Wildman–Crippen MR) is 82.8 cm³/mol. The van der Waals surface area contributed by atoms with Gasteiger partial charge in [0.15, 0.2) is 0 Å². The van der Waals surface area contributed by atoms with Crippen molar-refractivity contribution >= 4 is 26.7 Å². The van der Waals surface area contributed by atoms with Crippen molar-refractivity contribution in [3.05, 3.63) is 70.7 Å². The molecular weight excluding hydrogens is 316 g/mol. The van der Waals surface area contributed by atoms with Crippen LogP contribution in [-0.2, 0) is 0 Å². The Bertz CT molecular complexity index is 730. The van der Waals surface area contributed by atoms with E-state index >= 15 is 0 Å². The quantitative estimate of drug-likeness (QED) is 0.573. The lowest BCUT2D eigenvalue weighted by molar-refractivity contribution is 0.618. The van der Waals surface area contributed by atoms with Crippen molar-refractivity contribution in [2.45, 2.75) is 6.04 Å². The van der Waals surface area contributed by atoms with Crippen LogP contribution in [0.25, 0.3) is 10.8 Å². The van der Waals surface area contributed by atoms with Crippen molar-refractivity contribution in [2.24, 2.45) is 5.84 Å². The Morgan fingerprint density at radius 2 is 1.85 bits per heavy atom. The zero-order valence-corrected chi connectivity index (χ0v) is 12.2. The average Bonchev–Trinajstić information content (AvgIpc) is 2.49. The molecule has 0 aliphatic rings. The van der Waals surface area contributed by atoms with E-state index in [-0.39, 0.29) is 6.04 Å². The summed E-state index contributed by atoms with van der Waals surface area (Å²) in [5.41, 5.74) is 4.65. The minimum Gasteiger partial charge on any atom is -0.271 e. The summed E-state index contributed by atoms with van der Waals surface area (Å²) in [6.45, 7) is 0. The molecule has 0 radical (unpaired) electrons. The van der Waals surface area contributed by atoms with Crippen LogP contribution in [0, 0.1) is 0 Å². The second-order valence-electron chi connectivity index (χ2n) is 4.48. The van der Waals surface area contributed by atoms with Crippen molar-refractivity contribution < 1.29 is 0 Å². The maximum absolute atomic E-state index is 5.68. The molecule has 3 N–H and O–H groups in total. The third-order valence-electron chi connectivity index (χ3n) is 3.21. The largest absolute Gasteiger partial charge is 0.271 e. The molecule has 0 amide bonds. The summed E-state index contributed by atoms with van der Waals surface area (Å²) >= 11 is 3.48. The van der Waals surface area contributed by atoms with Crippen LogP contribution in [0.3, 0.4) is 0 Å². The molecule has 0 saturated carbocycles. The summed E-state index contributed by atoms with van der Waals surface area (Å²) in [5.74, 6) is 5.68. The number of benzene rings is 2. The van der Waals surface area contributed by atoms with E-state index in [0.717, 1.165) is 21.1 Å². The number of nitrogens with zero attached hydrogens (tertiary/aromatic N) is 2. The summed E-state index contributed by atoms with van der Waals surface area (Å²) < 4.78 is 1.07. The molecule has 0 fully saturated rings. The van der Waals surface area contributed by atoms with E-state index < -0.39 is 0 Å². The van der Waals surface area contributed by atoms with Gasteiger partial charge in [0.1, 0.15) is 0 Å². The molecule has 1 atom stereocenters. The van der Waals surface area contributed by atoms with Gasteiger partial charge in [-0.25, -0.2) is 5.43 Å². The Labute approximate surface area is 125 Å². The Hall–Kier alpha value is -1.82. The Balaban J connectivity index is 2.06. The van der Waals surface area contributed by atoms with Crippen molar-refractivity contribution in [1.29, 1.82) is 0 Å². The molecular formula is C15H13BrN4. The number of hydrogen-bond acceptors (Lipinski definition) is 4. The van der Waals surface area contributed by atoms with Gasteiger partial charge in [-0.3, -0.25) is 15.8 Å². The van der Waals surface area contributed by atoms with Gasteiger partial charge in [0.05, 0.1) is 17.9 Å². The Morgan fingerprint density at radius 3 is 2.60 bits per heavy atom. The molecule has 3 aromatic rings. The number of nitrogens with one attached hydrogen (secondary N) is 1. The molecule has 1 aromatic heterocycles. The average molecular weight is 329 g/mol. The van der Waals surface area contributed by atoms with Crippen molar-refractivity contribution in [2.75, 3.05) is 0 Å². The number of hydrogen-bond donors (Lipinski definition) is 2. The lowest BCUT2D eigenvalue weighted by Gasteiger charge is -2.16. The van der Waals surface area contributed by atoms with Crippen LogP contribution < -0.4 is 11.3 Å².